The standard InChI is InChI=1S/C17H14O5/c1-10(18)11-3-2-4-12(7-11)13-8-14(17(19)20)16-15(9-13)21-5-6-22-16/h2-4,7-9H,5-6H2,1H3,(H,19,20). The topological polar surface area (TPSA) is 72.8 Å². The van der Waals surface area contributed by atoms with Crippen LogP contribution >= 0.6 is 0 Å². The molecule has 1 aliphatic heterocycles. The van der Waals surface area contributed by atoms with Crippen molar-refractivity contribution in [2.45, 2.75) is 6.92 Å². The number of carbonyl (C=O) groups is 2. The Morgan fingerprint density at radius 1 is 1.05 bits per heavy atom. The summed E-state index contributed by atoms with van der Waals surface area (Å²) in [4.78, 5) is 22.9. The van der Waals surface area contributed by atoms with Gasteiger partial charge in [-0.15, -0.1) is 0 Å². The van der Waals surface area contributed by atoms with Gasteiger partial charge in [0.1, 0.15) is 18.8 Å². The van der Waals surface area contributed by atoms with E-state index in [1.165, 1.54) is 13.0 Å². The SMILES string of the molecule is CC(=O)c1cccc(-c2cc3c(c(C(=O)O)c2)OCCO3)c1. The zero-order chi connectivity index (χ0) is 15.7. The van der Waals surface area contributed by atoms with E-state index < -0.39 is 5.97 Å². The van der Waals surface area contributed by atoms with Crippen molar-refractivity contribution in [1.82, 2.24) is 0 Å². The number of ether oxygens (including phenoxy) is 2. The van der Waals surface area contributed by atoms with E-state index in [4.69, 9.17) is 9.47 Å². The number of carboxylic acid groups (broad SMARTS) is 1. The summed E-state index contributed by atoms with van der Waals surface area (Å²) in [5, 5.41) is 9.37. The van der Waals surface area contributed by atoms with Crippen LogP contribution in [0.2, 0.25) is 0 Å². The van der Waals surface area contributed by atoms with Gasteiger partial charge in [0.2, 0.25) is 0 Å². The number of benzene rings is 2. The summed E-state index contributed by atoms with van der Waals surface area (Å²) in [6.45, 7) is 2.20. The first-order chi connectivity index (χ1) is 10.6. The first kappa shape index (κ1) is 14.1. The summed E-state index contributed by atoms with van der Waals surface area (Å²) < 4.78 is 10.9. The van der Waals surface area contributed by atoms with Crippen molar-refractivity contribution in [2.75, 3.05) is 13.2 Å². The molecule has 22 heavy (non-hydrogen) atoms. The molecule has 5 heteroatoms. The number of ketones is 1. The maximum Gasteiger partial charge on any atom is 0.339 e. The number of rotatable bonds is 3. The Balaban J connectivity index is 2.15. The molecule has 5 nitrogen and oxygen atoms in total. The molecule has 1 N–H and O–H groups in total. The van der Waals surface area contributed by atoms with Gasteiger partial charge in [-0.25, -0.2) is 4.79 Å². The third-order valence-corrected chi connectivity index (χ3v) is 3.47. The van der Waals surface area contributed by atoms with E-state index in [1.54, 1.807) is 24.3 Å². The number of carboxylic acids is 1. The Labute approximate surface area is 127 Å². The molecule has 0 aromatic heterocycles. The van der Waals surface area contributed by atoms with E-state index >= 15 is 0 Å². The lowest BCUT2D eigenvalue weighted by Crippen LogP contribution is -2.18. The minimum absolute atomic E-state index is 0.0437. The molecule has 3 rings (SSSR count). The predicted molar refractivity (Wildman–Crippen MR) is 79.8 cm³/mol. The van der Waals surface area contributed by atoms with Gasteiger partial charge in [0, 0.05) is 5.56 Å². The molecule has 0 atom stereocenters. The quantitative estimate of drug-likeness (QED) is 0.882. The molecule has 0 radical (unpaired) electrons. The van der Waals surface area contributed by atoms with Crippen molar-refractivity contribution in [3.8, 4) is 22.6 Å². The highest BCUT2D eigenvalue weighted by atomic mass is 16.6. The second-order valence-electron chi connectivity index (χ2n) is 4.99. The first-order valence-electron chi connectivity index (χ1n) is 6.84. The van der Waals surface area contributed by atoms with Gasteiger partial charge in [-0.2, -0.15) is 0 Å². The van der Waals surface area contributed by atoms with Crippen molar-refractivity contribution >= 4 is 11.8 Å². The highest BCUT2D eigenvalue weighted by Gasteiger charge is 2.22. The first-order valence-corrected chi connectivity index (χ1v) is 6.84. The Kier molecular flexibility index (Phi) is 3.55. The molecule has 112 valence electrons. The predicted octanol–water partition coefficient (Wildman–Crippen LogP) is 3.03. The molecular formula is C17H14O5. The molecule has 0 aliphatic carbocycles. The number of carbonyl (C=O) groups excluding carboxylic acids is 1. The number of hydrogen-bond donors (Lipinski definition) is 1. The van der Waals surface area contributed by atoms with Crippen LogP contribution in [-0.4, -0.2) is 30.1 Å². The number of aromatic carboxylic acids is 1. The van der Waals surface area contributed by atoms with Gasteiger partial charge in [0.15, 0.2) is 17.3 Å². The fourth-order valence-electron chi connectivity index (χ4n) is 2.40. The van der Waals surface area contributed by atoms with Gasteiger partial charge in [0.25, 0.3) is 0 Å². The molecule has 2 aromatic rings. The Hall–Kier alpha value is -2.82. The van der Waals surface area contributed by atoms with E-state index in [0.717, 1.165) is 5.56 Å². The van der Waals surface area contributed by atoms with E-state index in [2.05, 4.69) is 0 Å². The molecule has 0 unspecified atom stereocenters. The highest BCUT2D eigenvalue weighted by molar-refractivity contribution is 5.97. The van der Waals surface area contributed by atoms with Crippen molar-refractivity contribution in [2.24, 2.45) is 0 Å². The average Bonchev–Trinajstić information content (AvgIpc) is 2.53. The normalized spacial score (nSPS) is 12.8. The maximum absolute atomic E-state index is 11.5. The maximum atomic E-state index is 11.5. The largest absolute Gasteiger partial charge is 0.486 e. The Bertz CT molecular complexity index is 764. The molecule has 0 saturated carbocycles. The fourth-order valence-corrected chi connectivity index (χ4v) is 2.40. The van der Waals surface area contributed by atoms with Gasteiger partial charge in [-0.05, 0) is 36.2 Å². The molecule has 1 heterocycles. The summed E-state index contributed by atoms with van der Waals surface area (Å²) in [6, 6.07) is 10.3. The lowest BCUT2D eigenvalue weighted by atomic mass is 9.99. The third-order valence-electron chi connectivity index (χ3n) is 3.47. The van der Waals surface area contributed by atoms with Gasteiger partial charge in [-0.3, -0.25) is 4.79 Å². The molecule has 0 amide bonds. The van der Waals surface area contributed by atoms with E-state index in [0.29, 0.717) is 30.1 Å². The fraction of sp³-hybridized carbons (Fsp3) is 0.176. The van der Waals surface area contributed by atoms with Crippen LogP contribution in [0.15, 0.2) is 36.4 Å². The monoisotopic (exact) mass is 298 g/mol. The van der Waals surface area contributed by atoms with Crippen LogP contribution in [0.1, 0.15) is 27.6 Å². The molecule has 1 aliphatic rings. The van der Waals surface area contributed by atoms with Gasteiger partial charge >= 0.3 is 5.97 Å². The zero-order valence-corrected chi connectivity index (χ0v) is 12.0. The van der Waals surface area contributed by atoms with Crippen LogP contribution in [0.3, 0.4) is 0 Å². The van der Waals surface area contributed by atoms with E-state index in [-0.39, 0.29) is 17.1 Å². The Morgan fingerprint density at radius 3 is 2.55 bits per heavy atom. The molecule has 0 bridgehead atoms. The van der Waals surface area contributed by atoms with Crippen LogP contribution in [0.25, 0.3) is 11.1 Å². The van der Waals surface area contributed by atoms with Crippen LogP contribution in [-0.2, 0) is 0 Å². The highest BCUT2D eigenvalue weighted by Crippen LogP contribution is 2.38. The summed E-state index contributed by atoms with van der Waals surface area (Å²) >= 11 is 0. The molecule has 0 spiro atoms. The lowest BCUT2D eigenvalue weighted by molar-refractivity contribution is 0.0686. The number of fused-ring (bicyclic) bond motifs is 1. The second kappa shape index (κ2) is 5.52. The van der Waals surface area contributed by atoms with Crippen molar-refractivity contribution in [1.29, 1.82) is 0 Å². The minimum atomic E-state index is -1.08. The summed E-state index contributed by atoms with van der Waals surface area (Å²) in [5.41, 5.74) is 2.06. The summed E-state index contributed by atoms with van der Waals surface area (Å²) in [5.74, 6) is -0.455. The lowest BCUT2D eigenvalue weighted by Gasteiger charge is -2.21. The van der Waals surface area contributed by atoms with E-state index in [1.807, 2.05) is 6.07 Å². The summed E-state index contributed by atoms with van der Waals surface area (Å²) in [6.07, 6.45) is 0. The Morgan fingerprint density at radius 2 is 1.82 bits per heavy atom. The third kappa shape index (κ3) is 2.53. The average molecular weight is 298 g/mol. The molecule has 0 saturated heterocycles. The van der Waals surface area contributed by atoms with E-state index in [9.17, 15) is 14.7 Å². The second-order valence-corrected chi connectivity index (χ2v) is 4.99. The zero-order valence-electron chi connectivity index (χ0n) is 12.0. The smallest absolute Gasteiger partial charge is 0.339 e. The van der Waals surface area contributed by atoms with Gasteiger partial charge < -0.3 is 14.6 Å². The van der Waals surface area contributed by atoms with Crippen LogP contribution in [0, 0.1) is 0 Å². The van der Waals surface area contributed by atoms with Crippen LogP contribution in [0.5, 0.6) is 11.5 Å². The van der Waals surface area contributed by atoms with Crippen molar-refractivity contribution in [3.05, 3.63) is 47.5 Å². The van der Waals surface area contributed by atoms with Gasteiger partial charge in [-0.1, -0.05) is 18.2 Å². The van der Waals surface area contributed by atoms with Crippen LogP contribution in [0.4, 0.5) is 0 Å². The minimum Gasteiger partial charge on any atom is -0.486 e. The number of hydrogen-bond acceptors (Lipinski definition) is 4. The van der Waals surface area contributed by atoms with Gasteiger partial charge in [0.05, 0.1) is 0 Å². The molecule has 2 aromatic carbocycles. The van der Waals surface area contributed by atoms with Crippen LogP contribution < -0.4 is 9.47 Å². The van der Waals surface area contributed by atoms with Crippen molar-refractivity contribution in [3.63, 3.8) is 0 Å². The molecular weight excluding hydrogens is 284 g/mol. The van der Waals surface area contributed by atoms with Crippen molar-refractivity contribution < 1.29 is 24.2 Å². The number of Topliss-reactive ketones (excluding diaryl/α,β-unsaturated/α-hetero) is 1. The molecule has 0 fully saturated rings. The summed E-state index contributed by atoms with van der Waals surface area (Å²) in [7, 11) is 0.